The number of fused-ring (bicyclic) bond motifs is 2. The summed E-state index contributed by atoms with van der Waals surface area (Å²) in [5.41, 5.74) is 8.41. The summed E-state index contributed by atoms with van der Waals surface area (Å²) in [4.78, 5) is 29.1. The van der Waals surface area contributed by atoms with Crippen molar-refractivity contribution < 1.29 is 18.0 Å². The van der Waals surface area contributed by atoms with Crippen LogP contribution in [0.5, 0.6) is 0 Å². The van der Waals surface area contributed by atoms with Crippen molar-refractivity contribution in [3.8, 4) is 0 Å². The monoisotopic (exact) mass is 455 g/mol. The highest BCUT2D eigenvalue weighted by molar-refractivity contribution is 7.89. The van der Waals surface area contributed by atoms with Crippen LogP contribution in [0.3, 0.4) is 0 Å². The largest absolute Gasteiger partial charge is 0.295 e. The van der Waals surface area contributed by atoms with Crippen molar-refractivity contribution >= 4 is 27.5 Å². The Hall–Kier alpha value is -3.24. The van der Waals surface area contributed by atoms with Gasteiger partial charge in [0.25, 0.3) is 5.91 Å². The number of aromatic nitrogens is 2. The van der Waals surface area contributed by atoms with Crippen molar-refractivity contribution in [2.24, 2.45) is 0 Å². The SMILES string of the molecule is Cc1nc2ccccn2c1C(=O)NNC(=O)CCNS(=O)(=O)c1ccc2c(c1)CCCC2. The Morgan fingerprint density at radius 1 is 1.06 bits per heavy atom. The first-order valence-corrected chi connectivity index (χ1v) is 12.0. The third-order valence-corrected chi connectivity index (χ3v) is 6.97. The second-order valence-corrected chi connectivity index (χ2v) is 9.53. The van der Waals surface area contributed by atoms with E-state index in [4.69, 9.17) is 0 Å². The molecule has 1 aliphatic rings. The Bertz CT molecular complexity index is 1280. The molecule has 0 unspecified atom stereocenters. The zero-order valence-corrected chi connectivity index (χ0v) is 18.5. The lowest BCUT2D eigenvalue weighted by atomic mass is 9.92. The van der Waals surface area contributed by atoms with Crippen LogP contribution in [0.25, 0.3) is 5.65 Å². The van der Waals surface area contributed by atoms with Gasteiger partial charge in [0.05, 0.1) is 10.6 Å². The van der Waals surface area contributed by atoms with E-state index in [2.05, 4.69) is 20.6 Å². The van der Waals surface area contributed by atoms with Gasteiger partial charge in [0.2, 0.25) is 15.9 Å². The summed E-state index contributed by atoms with van der Waals surface area (Å²) >= 11 is 0. The van der Waals surface area contributed by atoms with Gasteiger partial charge < -0.3 is 0 Å². The maximum Gasteiger partial charge on any atom is 0.288 e. The van der Waals surface area contributed by atoms with Gasteiger partial charge in [-0.15, -0.1) is 0 Å². The average molecular weight is 456 g/mol. The summed E-state index contributed by atoms with van der Waals surface area (Å²) in [6, 6.07) is 10.6. The highest BCUT2D eigenvalue weighted by Crippen LogP contribution is 2.24. The van der Waals surface area contributed by atoms with Crippen LogP contribution < -0.4 is 15.6 Å². The summed E-state index contributed by atoms with van der Waals surface area (Å²) in [6.07, 6.45) is 5.62. The van der Waals surface area contributed by atoms with Crippen LogP contribution in [-0.4, -0.2) is 36.2 Å². The van der Waals surface area contributed by atoms with Gasteiger partial charge in [-0.05, 0) is 68.0 Å². The first kappa shape index (κ1) is 22.0. The molecule has 1 aromatic carbocycles. The van der Waals surface area contributed by atoms with Crippen molar-refractivity contribution in [2.75, 3.05) is 6.54 Å². The van der Waals surface area contributed by atoms with E-state index in [-0.39, 0.29) is 17.9 Å². The van der Waals surface area contributed by atoms with Crippen LogP contribution in [0.15, 0.2) is 47.5 Å². The minimum atomic E-state index is -3.72. The molecule has 3 N–H and O–H groups in total. The summed E-state index contributed by atoms with van der Waals surface area (Å²) in [5, 5.41) is 0. The lowest BCUT2D eigenvalue weighted by Crippen LogP contribution is -2.43. The second kappa shape index (κ2) is 9.09. The Labute approximate surface area is 186 Å². The van der Waals surface area contributed by atoms with Gasteiger partial charge >= 0.3 is 0 Å². The van der Waals surface area contributed by atoms with Gasteiger partial charge in [-0.3, -0.25) is 24.8 Å². The number of hydrogen-bond donors (Lipinski definition) is 3. The molecule has 1 aliphatic carbocycles. The molecule has 0 saturated carbocycles. The molecule has 168 valence electrons. The molecule has 2 heterocycles. The van der Waals surface area contributed by atoms with E-state index < -0.39 is 21.8 Å². The smallest absolute Gasteiger partial charge is 0.288 e. The molecule has 0 spiro atoms. The number of hydrazine groups is 1. The molecule has 32 heavy (non-hydrogen) atoms. The number of sulfonamides is 1. The van der Waals surface area contributed by atoms with Crippen molar-refractivity contribution in [1.29, 1.82) is 0 Å². The van der Waals surface area contributed by atoms with E-state index in [0.29, 0.717) is 17.0 Å². The third-order valence-electron chi connectivity index (χ3n) is 5.51. The predicted octanol–water partition coefficient (Wildman–Crippen LogP) is 1.65. The molecule has 4 rings (SSSR count). The molecule has 9 nitrogen and oxygen atoms in total. The van der Waals surface area contributed by atoms with Crippen LogP contribution in [-0.2, 0) is 27.7 Å². The van der Waals surface area contributed by atoms with Gasteiger partial charge in [-0.1, -0.05) is 12.1 Å². The fraction of sp³-hybridized carbons (Fsp3) is 0.318. The molecular weight excluding hydrogens is 430 g/mol. The standard InChI is InChI=1S/C22H25N5O4S/c1-15-21(27-13-5-4-8-19(27)24-15)22(29)26-25-20(28)11-12-23-32(30,31)18-10-9-16-6-2-3-7-17(16)14-18/h4-5,8-10,13-14,23H,2-3,6-7,11-12H2,1H3,(H,25,28)(H,26,29). The first-order chi connectivity index (χ1) is 15.3. The molecule has 0 bridgehead atoms. The number of pyridine rings is 1. The zero-order valence-electron chi connectivity index (χ0n) is 17.7. The van der Waals surface area contributed by atoms with E-state index in [1.807, 2.05) is 12.1 Å². The van der Waals surface area contributed by atoms with E-state index in [9.17, 15) is 18.0 Å². The Balaban J connectivity index is 1.29. The van der Waals surface area contributed by atoms with Gasteiger partial charge in [-0.25, -0.2) is 18.1 Å². The second-order valence-electron chi connectivity index (χ2n) is 7.76. The number of nitrogens with zero attached hydrogens (tertiary/aromatic N) is 2. The molecule has 0 radical (unpaired) electrons. The van der Waals surface area contributed by atoms with E-state index in [0.717, 1.165) is 31.2 Å². The summed E-state index contributed by atoms with van der Waals surface area (Å²) < 4.78 is 29.2. The summed E-state index contributed by atoms with van der Waals surface area (Å²) in [5.74, 6) is -1.03. The van der Waals surface area contributed by atoms with Crippen LogP contribution in [0.2, 0.25) is 0 Å². The fourth-order valence-corrected chi connectivity index (χ4v) is 4.98. The fourth-order valence-electron chi connectivity index (χ4n) is 3.89. The van der Waals surface area contributed by atoms with Crippen molar-refractivity contribution in [2.45, 2.75) is 43.9 Å². The molecule has 2 aromatic heterocycles. The lowest BCUT2D eigenvalue weighted by molar-refractivity contribution is -0.121. The molecule has 0 atom stereocenters. The Morgan fingerprint density at radius 2 is 1.84 bits per heavy atom. The quantitative estimate of drug-likeness (QED) is 0.488. The number of aryl methyl sites for hydroxylation is 3. The van der Waals surface area contributed by atoms with Gasteiger partial charge in [0.15, 0.2) is 0 Å². The van der Waals surface area contributed by atoms with Crippen molar-refractivity contribution in [1.82, 2.24) is 25.0 Å². The molecule has 0 saturated heterocycles. The highest BCUT2D eigenvalue weighted by atomic mass is 32.2. The summed E-state index contributed by atoms with van der Waals surface area (Å²) in [6.45, 7) is 1.62. The molecular formula is C22H25N5O4S. The normalized spacial score (nSPS) is 13.5. The Morgan fingerprint density at radius 3 is 2.66 bits per heavy atom. The molecule has 10 heteroatoms. The van der Waals surface area contributed by atoms with Crippen LogP contribution in [0.1, 0.15) is 46.6 Å². The van der Waals surface area contributed by atoms with Crippen LogP contribution >= 0.6 is 0 Å². The molecule has 0 aliphatic heterocycles. The van der Waals surface area contributed by atoms with E-state index >= 15 is 0 Å². The molecule has 0 fully saturated rings. The number of carbonyl (C=O) groups excluding carboxylic acids is 2. The number of carbonyl (C=O) groups is 2. The van der Waals surface area contributed by atoms with Gasteiger partial charge in [0, 0.05) is 19.2 Å². The lowest BCUT2D eigenvalue weighted by Gasteiger charge is -2.16. The number of rotatable bonds is 6. The molecule has 3 aromatic rings. The number of benzene rings is 1. The van der Waals surface area contributed by atoms with Crippen molar-refractivity contribution in [3.05, 3.63) is 65.1 Å². The minimum Gasteiger partial charge on any atom is -0.295 e. The topological polar surface area (TPSA) is 122 Å². The maximum absolute atomic E-state index is 12.6. The minimum absolute atomic E-state index is 0.0875. The average Bonchev–Trinajstić information content (AvgIpc) is 3.12. The zero-order chi connectivity index (χ0) is 22.7. The predicted molar refractivity (Wildman–Crippen MR) is 118 cm³/mol. The number of hydrogen-bond acceptors (Lipinski definition) is 5. The van der Waals surface area contributed by atoms with E-state index in [1.54, 1.807) is 41.8 Å². The van der Waals surface area contributed by atoms with Gasteiger partial charge in [0.1, 0.15) is 11.3 Å². The Kier molecular flexibility index (Phi) is 6.24. The highest BCUT2D eigenvalue weighted by Gasteiger charge is 2.19. The van der Waals surface area contributed by atoms with Crippen molar-refractivity contribution in [3.63, 3.8) is 0 Å². The first-order valence-electron chi connectivity index (χ1n) is 10.5. The maximum atomic E-state index is 12.6. The number of imidazole rings is 1. The van der Waals surface area contributed by atoms with Crippen LogP contribution in [0.4, 0.5) is 0 Å². The molecule has 2 amide bonds. The summed E-state index contributed by atoms with van der Waals surface area (Å²) in [7, 11) is -3.72. The number of nitrogens with one attached hydrogen (secondary N) is 3. The van der Waals surface area contributed by atoms with Gasteiger partial charge in [-0.2, -0.15) is 0 Å². The van der Waals surface area contributed by atoms with Crippen LogP contribution in [0, 0.1) is 6.92 Å². The number of amides is 2. The third kappa shape index (κ3) is 4.66. The van der Waals surface area contributed by atoms with E-state index in [1.165, 1.54) is 5.56 Å².